The van der Waals surface area contributed by atoms with Gasteiger partial charge in [0.15, 0.2) is 0 Å². The van der Waals surface area contributed by atoms with Crippen LogP contribution in [0.1, 0.15) is 11.3 Å². The second-order valence-electron chi connectivity index (χ2n) is 5.10. The molecule has 2 N–H and O–H groups in total. The predicted octanol–water partition coefficient (Wildman–Crippen LogP) is 1.06. The van der Waals surface area contributed by atoms with Gasteiger partial charge in [-0.15, -0.1) is 0 Å². The van der Waals surface area contributed by atoms with Crippen molar-refractivity contribution in [3.05, 3.63) is 60.1 Å². The van der Waals surface area contributed by atoms with Gasteiger partial charge < -0.3 is 14.5 Å². The topological polar surface area (TPSA) is 115 Å². The maximum absolute atomic E-state index is 12.2. The predicted molar refractivity (Wildman–Crippen MR) is 93.2 cm³/mol. The molecule has 2 rings (SSSR count). The molecule has 1 amide bonds. The van der Waals surface area contributed by atoms with Crippen molar-refractivity contribution in [3.8, 4) is 0 Å². The minimum atomic E-state index is -3.67. The number of benzene rings is 1. The molecule has 0 aliphatic rings. The SMILES string of the molecule is COC(=O)CNC(=O)/C=C/c1ccc(S(=O)(=O)NCc2ccco2)cc1. The summed E-state index contributed by atoms with van der Waals surface area (Å²) in [5.41, 5.74) is 0.628. The maximum atomic E-state index is 12.2. The van der Waals surface area contributed by atoms with Crippen LogP contribution in [0.4, 0.5) is 0 Å². The number of hydrogen-bond donors (Lipinski definition) is 2. The van der Waals surface area contributed by atoms with Gasteiger partial charge in [-0.05, 0) is 35.9 Å². The average molecular weight is 378 g/mol. The van der Waals surface area contributed by atoms with Crippen molar-refractivity contribution >= 4 is 28.0 Å². The number of esters is 1. The lowest BCUT2D eigenvalue weighted by Gasteiger charge is -2.05. The van der Waals surface area contributed by atoms with Gasteiger partial charge in [0.1, 0.15) is 12.3 Å². The summed E-state index contributed by atoms with van der Waals surface area (Å²) in [5.74, 6) is -0.512. The summed E-state index contributed by atoms with van der Waals surface area (Å²) >= 11 is 0. The lowest BCUT2D eigenvalue weighted by molar-refractivity contribution is -0.140. The molecule has 0 fully saturated rings. The van der Waals surface area contributed by atoms with Crippen LogP contribution in [0, 0.1) is 0 Å². The highest BCUT2D eigenvalue weighted by Crippen LogP contribution is 2.12. The van der Waals surface area contributed by atoms with Crippen molar-refractivity contribution in [1.29, 1.82) is 0 Å². The van der Waals surface area contributed by atoms with Gasteiger partial charge in [-0.3, -0.25) is 9.59 Å². The summed E-state index contributed by atoms with van der Waals surface area (Å²) in [4.78, 5) is 22.6. The van der Waals surface area contributed by atoms with E-state index in [-0.39, 0.29) is 18.0 Å². The molecule has 8 nitrogen and oxygen atoms in total. The van der Waals surface area contributed by atoms with Crippen LogP contribution in [0.2, 0.25) is 0 Å². The molecule has 1 aromatic heterocycles. The second kappa shape index (κ2) is 8.97. The summed E-state index contributed by atoms with van der Waals surface area (Å²) in [6, 6.07) is 9.32. The minimum absolute atomic E-state index is 0.0529. The third-order valence-electron chi connectivity index (χ3n) is 3.27. The van der Waals surface area contributed by atoms with Gasteiger partial charge in [-0.1, -0.05) is 12.1 Å². The fraction of sp³-hybridized carbons (Fsp3) is 0.176. The fourth-order valence-electron chi connectivity index (χ4n) is 1.88. The standard InChI is InChI=1S/C17H18N2O6S/c1-24-17(21)12-18-16(20)9-6-13-4-7-15(8-5-13)26(22,23)19-11-14-3-2-10-25-14/h2-10,19H,11-12H2,1H3,(H,18,20)/b9-6+. The Morgan fingerprint density at radius 1 is 1.19 bits per heavy atom. The van der Waals surface area contributed by atoms with Crippen LogP contribution in [0.3, 0.4) is 0 Å². The van der Waals surface area contributed by atoms with Gasteiger partial charge in [-0.2, -0.15) is 0 Å². The van der Waals surface area contributed by atoms with Gasteiger partial charge in [0.25, 0.3) is 0 Å². The zero-order valence-corrected chi connectivity index (χ0v) is 14.8. The first-order chi connectivity index (χ1) is 12.4. The summed E-state index contributed by atoms with van der Waals surface area (Å²) in [6.07, 6.45) is 4.20. The van der Waals surface area contributed by atoms with E-state index in [1.807, 2.05) is 0 Å². The number of ether oxygens (including phenoxy) is 1. The number of hydrogen-bond acceptors (Lipinski definition) is 6. The molecule has 1 aromatic carbocycles. The first-order valence-electron chi connectivity index (χ1n) is 7.55. The quantitative estimate of drug-likeness (QED) is 0.524. The van der Waals surface area contributed by atoms with Crippen LogP contribution in [-0.4, -0.2) is 33.9 Å². The number of nitrogens with one attached hydrogen (secondary N) is 2. The number of sulfonamides is 1. The molecule has 0 unspecified atom stereocenters. The third kappa shape index (κ3) is 5.87. The highest BCUT2D eigenvalue weighted by molar-refractivity contribution is 7.89. The number of methoxy groups -OCH3 is 1. The molecule has 26 heavy (non-hydrogen) atoms. The Balaban J connectivity index is 1.93. The van der Waals surface area contributed by atoms with E-state index in [1.165, 1.54) is 37.7 Å². The Hall–Kier alpha value is -2.91. The molecule has 0 atom stereocenters. The number of rotatable bonds is 8. The molecular weight excluding hydrogens is 360 g/mol. The smallest absolute Gasteiger partial charge is 0.325 e. The molecule has 0 saturated heterocycles. The highest BCUT2D eigenvalue weighted by Gasteiger charge is 2.13. The zero-order valence-electron chi connectivity index (χ0n) is 14.0. The van der Waals surface area contributed by atoms with Crippen molar-refractivity contribution in [2.24, 2.45) is 0 Å². The van der Waals surface area contributed by atoms with Crippen LogP contribution < -0.4 is 10.0 Å². The fourth-order valence-corrected chi connectivity index (χ4v) is 2.88. The van der Waals surface area contributed by atoms with Gasteiger partial charge in [0.2, 0.25) is 15.9 Å². The number of furan rings is 1. The summed E-state index contributed by atoms with van der Waals surface area (Å²) < 4.78 is 36.3. The Kier molecular flexibility index (Phi) is 6.70. The number of amides is 1. The van der Waals surface area contributed by atoms with Crippen molar-refractivity contribution in [3.63, 3.8) is 0 Å². The van der Waals surface area contributed by atoms with Crippen LogP contribution in [0.15, 0.2) is 58.1 Å². The van der Waals surface area contributed by atoms with E-state index in [0.717, 1.165) is 0 Å². The minimum Gasteiger partial charge on any atom is -0.468 e. The van der Waals surface area contributed by atoms with E-state index in [4.69, 9.17) is 4.42 Å². The number of carbonyl (C=O) groups excluding carboxylic acids is 2. The van der Waals surface area contributed by atoms with E-state index in [0.29, 0.717) is 11.3 Å². The van der Waals surface area contributed by atoms with E-state index >= 15 is 0 Å². The molecule has 9 heteroatoms. The maximum Gasteiger partial charge on any atom is 0.325 e. The van der Waals surface area contributed by atoms with Crippen molar-refractivity contribution in [2.75, 3.05) is 13.7 Å². The van der Waals surface area contributed by atoms with Crippen LogP contribution >= 0.6 is 0 Å². The highest BCUT2D eigenvalue weighted by atomic mass is 32.2. The van der Waals surface area contributed by atoms with Crippen LogP contribution in [-0.2, 0) is 30.9 Å². The molecule has 0 radical (unpaired) electrons. The molecule has 0 bridgehead atoms. The molecule has 0 aliphatic heterocycles. The van der Waals surface area contributed by atoms with Gasteiger partial charge in [-0.25, -0.2) is 13.1 Å². The molecule has 0 spiro atoms. The van der Waals surface area contributed by atoms with Gasteiger partial charge >= 0.3 is 5.97 Å². The summed E-state index contributed by atoms with van der Waals surface area (Å²) in [5, 5.41) is 2.35. The Labute approximate surface area is 150 Å². The first-order valence-corrected chi connectivity index (χ1v) is 9.04. The normalized spacial score (nSPS) is 11.4. The van der Waals surface area contributed by atoms with Crippen molar-refractivity contribution < 1.29 is 27.2 Å². The van der Waals surface area contributed by atoms with Crippen molar-refractivity contribution in [1.82, 2.24) is 10.0 Å². The monoisotopic (exact) mass is 378 g/mol. The van der Waals surface area contributed by atoms with E-state index < -0.39 is 21.9 Å². The number of carbonyl (C=O) groups is 2. The Morgan fingerprint density at radius 3 is 2.54 bits per heavy atom. The Morgan fingerprint density at radius 2 is 1.92 bits per heavy atom. The van der Waals surface area contributed by atoms with E-state index in [2.05, 4.69) is 14.8 Å². The summed E-state index contributed by atoms with van der Waals surface area (Å²) in [6.45, 7) is -0.171. The molecule has 0 saturated carbocycles. The van der Waals surface area contributed by atoms with Crippen LogP contribution in [0.5, 0.6) is 0 Å². The lowest BCUT2D eigenvalue weighted by Crippen LogP contribution is -2.28. The third-order valence-corrected chi connectivity index (χ3v) is 4.69. The van der Waals surface area contributed by atoms with Gasteiger partial charge in [0, 0.05) is 6.08 Å². The molecular formula is C17H18N2O6S. The van der Waals surface area contributed by atoms with E-state index in [1.54, 1.807) is 24.3 Å². The van der Waals surface area contributed by atoms with Crippen molar-refractivity contribution in [2.45, 2.75) is 11.4 Å². The molecule has 1 heterocycles. The first kappa shape index (κ1) is 19.4. The second-order valence-corrected chi connectivity index (χ2v) is 6.87. The zero-order chi connectivity index (χ0) is 19.0. The van der Waals surface area contributed by atoms with Gasteiger partial charge in [0.05, 0.1) is 24.8 Å². The molecule has 138 valence electrons. The molecule has 2 aromatic rings. The lowest BCUT2D eigenvalue weighted by atomic mass is 10.2. The largest absolute Gasteiger partial charge is 0.468 e. The summed E-state index contributed by atoms with van der Waals surface area (Å²) in [7, 11) is -2.44. The average Bonchev–Trinajstić information content (AvgIpc) is 3.17. The molecule has 0 aliphatic carbocycles. The van der Waals surface area contributed by atoms with Crippen LogP contribution in [0.25, 0.3) is 6.08 Å². The Bertz CT molecular complexity index is 870. The van der Waals surface area contributed by atoms with E-state index in [9.17, 15) is 18.0 Å².